The van der Waals surface area contributed by atoms with Gasteiger partial charge in [-0.25, -0.2) is 0 Å². The number of benzene rings is 2. The summed E-state index contributed by atoms with van der Waals surface area (Å²) in [6, 6.07) is 13.1. The molecule has 1 aromatic heterocycles. The molecule has 26 heavy (non-hydrogen) atoms. The van der Waals surface area contributed by atoms with Crippen LogP contribution in [0.2, 0.25) is 10.0 Å². The number of hydrogen-bond donors (Lipinski definition) is 2. The molecule has 0 spiro atoms. The van der Waals surface area contributed by atoms with Gasteiger partial charge >= 0.3 is 0 Å². The molecule has 0 aliphatic carbocycles. The van der Waals surface area contributed by atoms with Crippen LogP contribution in [0.5, 0.6) is 5.75 Å². The molecule has 3 aromatic rings. The van der Waals surface area contributed by atoms with E-state index in [1.54, 1.807) is 31.5 Å². The first-order valence-corrected chi connectivity index (χ1v) is 8.68. The monoisotopic (exact) mass is 389 g/mol. The lowest BCUT2D eigenvalue weighted by Crippen LogP contribution is -2.09. The van der Waals surface area contributed by atoms with Crippen LogP contribution in [0.25, 0.3) is 0 Å². The SMILES string of the molecule is COc1cccc(CCNc2cnnc(Nc3ccc(Cl)cc3Cl)n2)c1. The largest absolute Gasteiger partial charge is 0.497 e. The van der Waals surface area contributed by atoms with Crippen LogP contribution in [0.15, 0.2) is 48.7 Å². The van der Waals surface area contributed by atoms with E-state index >= 15 is 0 Å². The third kappa shape index (κ3) is 4.97. The number of anilines is 3. The standard InChI is InChI=1S/C18H17Cl2N5O/c1-26-14-4-2-3-12(9-14)7-8-21-17-11-22-25-18(24-17)23-16-6-5-13(19)10-15(16)20/h2-6,9-11H,7-8H2,1H3,(H2,21,23,24,25). The van der Waals surface area contributed by atoms with Gasteiger partial charge in [0.2, 0.25) is 5.95 Å². The lowest BCUT2D eigenvalue weighted by Gasteiger charge is -2.09. The summed E-state index contributed by atoms with van der Waals surface area (Å²) < 4.78 is 5.23. The Morgan fingerprint density at radius 3 is 2.81 bits per heavy atom. The maximum absolute atomic E-state index is 6.15. The molecule has 0 radical (unpaired) electrons. The highest BCUT2D eigenvalue weighted by Crippen LogP contribution is 2.27. The van der Waals surface area contributed by atoms with E-state index in [2.05, 4.69) is 31.9 Å². The van der Waals surface area contributed by atoms with Gasteiger partial charge in [0, 0.05) is 11.6 Å². The summed E-state index contributed by atoms with van der Waals surface area (Å²) in [5.41, 5.74) is 1.83. The van der Waals surface area contributed by atoms with Crippen LogP contribution in [-0.2, 0) is 6.42 Å². The van der Waals surface area contributed by atoms with Crippen LogP contribution in [0.1, 0.15) is 5.56 Å². The van der Waals surface area contributed by atoms with Gasteiger partial charge in [0.05, 0.1) is 24.0 Å². The molecule has 0 atom stereocenters. The van der Waals surface area contributed by atoms with Crippen molar-refractivity contribution >= 4 is 40.7 Å². The van der Waals surface area contributed by atoms with Gasteiger partial charge in [-0.1, -0.05) is 35.3 Å². The van der Waals surface area contributed by atoms with Crippen LogP contribution in [0, 0.1) is 0 Å². The molecule has 0 amide bonds. The molecular formula is C18H17Cl2N5O. The highest BCUT2D eigenvalue weighted by Gasteiger charge is 2.05. The molecule has 6 nitrogen and oxygen atoms in total. The van der Waals surface area contributed by atoms with Gasteiger partial charge in [-0.05, 0) is 42.3 Å². The predicted octanol–water partition coefficient (Wildman–Crippen LogP) is 4.59. The maximum atomic E-state index is 6.15. The van der Waals surface area contributed by atoms with E-state index in [9.17, 15) is 0 Å². The first-order valence-electron chi connectivity index (χ1n) is 7.92. The number of ether oxygens (including phenoxy) is 1. The molecule has 0 fully saturated rings. The van der Waals surface area contributed by atoms with Gasteiger partial charge in [-0.15, -0.1) is 5.10 Å². The topological polar surface area (TPSA) is 72.0 Å². The van der Waals surface area contributed by atoms with Crippen molar-refractivity contribution in [2.75, 3.05) is 24.3 Å². The van der Waals surface area contributed by atoms with E-state index in [1.807, 2.05) is 18.2 Å². The lowest BCUT2D eigenvalue weighted by atomic mass is 10.1. The lowest BCUT2D eigenvalue weighted by molar-refractivity contribution is 0.414. The summed E-state index contributed by atoms with van der Waals surface area (Å²) in [6.45, 7) is 0.701. The van der Waals surface area contributed by atoms with E-state index in [1.165, 1.54) is 5.56 Å². The molecule has 0 unspecified atom stereocenters. The molecule has 0 bridgehead atoms. The summed E-state index contributed by atoms with van der Waals surface area (Å²) in [5.74, 6) is 1.81. The quantitative estimate of drug-likeness (QED) is 0.615. The molecule has 2 aromatic carbocycles. The molecule has 3 rings (SSSR count). The fraction of sp³-hybridized carbons (Fsp3) is 0.167. The molecule has 134 valence electrons. The minimum absolute atomic E-state index is 0.348. The normalized spacial score (nSPS) is 10.4. The molecular weight excluding hydrogens is 373 g/mol. The molecule has 1 heterocycles. The van der Waals surface area contributed by atoms with Crippen LogP contribution in [0.3, 0.4) is 0 Å². The summed E-state index contributed by atoms with van der Waals surface area (Å²) in [6.07, 6.45) is 2.40. The van der Waals surface area contributed by atoms with Crippen molar-refractivity contribution in [1.82, 2.24) is 15.2 Å². The van der Waals surface area contributed by atoms with E-state index in [0.717, 1.165) is 12.2 Å². The van der Waals surface area contributed by atoms with Crippen molar-refractivity contribution in [3.05, 3.63) is 64.3 Å². The van der Waals surface area contributed by atoms with Crippen LogP contribution >= 0.6 is 23.2 Å². The average molecular weight is 390 g/mol. The molecule has 0 aliphatic heterocycles. The number of nitrogens with one attached hydrogen (secondary N) is 2. The smallest absolute Gasteiger partial charge is 0.249 e. The van der Waals surface area contributed by atoms with Gasteiger partial charge in [0.1, 0.15) is 5.75 Å². The zero-order chi connectivity index (χ0) is 18.4. The zero-order valence-electron chi connectivity index (χ0n) is 14.0. The Labute approximate surface area is 161 Å². The Kier molecular flexibility index (Phi) is 6.09. The summed E-state index contributed by atoms with van der Waals surface area (Å²) in [7, 11) is 1.66. The highest BCUT2D eigenvalue weighted by atomic mass is 35.5. The number of rotatable bonds is 7. The van der Waals surface area contributed by atoms with Crippen molar-refractivity contribution < 1.29 is 4.74 Å². The fourth-order valence-electron chi connectivity index (χ4n) is 2.32. The number of halogens is 2. The van der Waals surface area contributed by atoms with Gasteiger partial charge in [0.25, 0.3) is 0 Å². The number of aromatic nitrogens is 3. The molecule has 0 aliphatic rings. The van der Waals surface area contributed by atoms with E-state index in [0.29, 0.717) is 34.0 Å². The fourth-order valence-corrected chi connectivity index (χ4v) is 2.77. The molecule has 2 N–H and O–H groups in total. The summed E-state index contributed by atoms with van der Waals surface area (Å²) in [4.78, 5) is 4.38. The number of hydrogen-bond acceptors (Lipinski definition) is 6. The second-order valence-electron chi connectivity index (χ2n) is 5.44. The third-order valence-corrected chi connectivity index (χ3v) is 4.14. The number of nitrogens with zero attached hydrogens (tertiary/aromatic N) is 3. The van der Waals surface area contributed by atoms with Crippen LogP contribution in [-0.4, -0.2) is 28.8 Å². The van der Waals surface area contributed by atoms with Crippen LogP contribution in [0.4, 0.5) is 17.5 Å². The van der Waals surface area contributed by atoms with Gasteiger partial charge < -0.3 is 15.4 Å². The number of methoxy groups -OCH3 is 1. The summed E-state index contributed by atoms with van der Waals surface area (Å²) in [5, 5.41) is 15.2. The Bertz CT molecular complexity index is 891. The molecule has 8 heteroatoms. The van der Waals surface area contributed by atoms with Crippen molar-refractivity contribution in [2.24, 2.45) is 0 Å². The Morgan fingerprint density at radius 2 is 2.00 bits per heavy atom. The first-order chi connectivity index (χ1) is 12.6. The predicted molar refractivity (Wildman–Crippen MR) is 105 cm³/mol. The van der Waals surface area contributed by atoms with E-state index < -0.39 is 0 Å². The minimum atomic E-state index is 0.348. The van der Waals surface area contributed by atoms with Crippen molar-refractivity contribution in [2.45, 2.75) is 6.42 Å². The zero-order valence-corrected chi connectivity index (χ0v) is 15.6. The Morgan fingerprint density at radius 1 is 1.12 bits per heavy atom. The van der Waals surface area contributed by atoms with E-state index in [4.69, 9.17) is 27.9 Å². The van der Waals surface area contributed by atoms with Crippen molar-refractivity contribution in [3.63, 3.8) is 0 Å². The molecule has 0 saturated carbocycles. The highest BCUT2D eigenvalue weighted by molar-refractivity contribution is 6.36. The van der Waals surface area contributed by atoms with Crippen molar-refractivity contribution in [1.29, 1.82) is 0 Å². The van der Waals surface area contributed by atoms with Crippen molar-refractivity contribution in [3.8, 4) is 5.75 Å². The Hall–Kier alpha value is -2.57. The minimum Gasteiger partial charge on any atom is -0.497 e. The van der Waals surface area contributed by atoms with Crippen LogP contribution < -0.4 is 15.4 Å². The maximum Gasteiger partial charge on any atom is 0.249 e. The first kappa shape index (κ1) is 18.2. The second-order valence-corrected chi connectivity index (χ2v) is 6.29. The second kappa shape index (κ2) is 8.69. The van der Waals surface area contributed by atoms with E-state index in [-0.39, 0.29) is 0 Å². The van der Waals surface area contributed by atoms with Gasteiger partial charge in [-0.3, -0.25) is 0 Å². The third-order valence-electron chi connectivity index (χ3n) is 3.59. The average Bonchev–Trinajstić information content (AvgIpc) is 2.65. The van der Waals surface area contributed by atoms with Gasteiger partial charge in [0.15, 0.2) is 5.82 Å². The molecule has 0 saturated heterocycles. The Balaban J connectivity index is 1.60. The van der Waals surface area contributed by atoms with Gasteiger partial charge in [-0.2, -0.15) is 10.1 Å². The summed E-state index contributed by atoms with van der Waals surface area (Å²) >= 11 is 12.0.